The number of nitrogens with one attached hydrogen (secondary N) is 2. The van der Waals surface area contributed by atoms with Crippen molar-refractivity contribution in [2.24, 2.45) is 0 Å². The summed E-state index contributed by atoms with van der Waals surface area (Å²) in [4.78, 5) is 50.3. The van der Waals surface area contributed by atoms with Gasteiger partial charge < -0.3 is 24.8 Å². The standard InChI is InChI=1S/C29H35N3O7/c1-5-37-25(33)18-24(20-10-7-6-8-11-20)31-26(34)23-15-13-21-12-14-22(19-32(21)27(23)35)38-17-9-16-30-28(36)39-29(2,3)4/h6-8,10-15,19,24H,5,9,16-18H2,1-4H3,(H,30,36)(H,31,34). The minimum Gasteiger partial charge on any atom is -0.492 e. The van der Waals surface area contributed by atoms with Gasteiger partial charge in [-0.3, -0.25) is 18.8 Å². The number of hydrogen-bond donors (Lipinski definition) is 2. The van der Waals surface area contributed by atoms with E-state index in [1.54, 1.807) is 70.2 Å². The lowest BCUT2D eigenvalue weighted by Crippen LogP contribution is -2.35. The van der Waals surface area contributed by atoms with E-state index in [2.05, 4.69) is 10.6 Å². The third-order valence-electron chi connectivity index (χ3n) is 5.51. The largest absolute Gasteiger partial charge is 0.492 e. The molecule has 0 saturated heterocycles. The maximum atomic E-state index is 13.2. The Morgan fingerprint density at radius 1 is 1.00 bits per heavy atom. The molecule has 2 N–H and O–H groups in total. The van der Waals surface area contributed by atoms with Gasteiger partial charge in [-0.2, -0.15) is 0 Å². The van der Waals surface area contributed by atoms with Crippen LogP contribution < -0.4 is 20.9 Å². The first-order valence-corrected chi connectivity index (χ1v) is 12.8. The highest BCUT2D eigenvalue weighted by Gasteiger charge is 2.22. The molecule has 0 spiro atoms. The van der Waals surface area contributed by atoms with Gasteiger partial charge >= 0.3 is 12.1 Å². The summed E-state index contributed by atoms with van der Waals surface area (Å²) >= 11 is 0. The Labute approximate surface area is 227 Å². The van der Waals surface area contributed by atoms with Crippen molar-refractivity contribution in [3.8, 4) is 5.75 Å². The van der Waals surface area contributed by atoms with Crippen LogP contribution in [0.25, 0.3) is 5.52 Å². The number of esters is 1. The number of carbonyl (C=O) groups is 3. The second-order valence-electron chi connectivity index (χ2n) is 9.79. The fourth-order valence-corrected chi connectivity index (χ4v) is 3.76. The maximum Gasteiger partial charge on any atom is 0.407 e. The van der Waals surface area contributed by atoms with Gasteiger partial charge in [-0.15, -0.1) is 0 Å². The molecule has 2 aromatic heterocycles. The molecule has 2 heterocycles. The highest BCUT2D eigenvalue weighted by Crippen LogP contribution is 2.18. The molecule has 10 heteroatoms. The fourth-order valence-electron chi connectivity index (χ4n) is 3.76. The molecular weight excluding hydrogens is 502 g/mol. The second kappa shape index (κ2) is 13.5. The van der Waals surface area contributed by atoms with Crippen molar-refractivity contribution >= 4 is 23.5 Å². The van der Waals surface area contributed by atoms with Gasteiger partial charge in [0.05, 0.1) is 31.9 Å². The molecule has 0 saturated carbocycles. The second-order valence-corrected chi connectivity index (χ2v) is 9.79. The third-order valence-corrected chi connectivity index (χ3v) is 5.51. The number of rotatable bonds is 11. The van der Waals surface area contributed by atoms with Crippen molar-refractivity contribution in [1.29, 1.82) is 0 Å². The van der Waals surface area contributed by atoms with Crippen LogP contribution in [-0.4, -0.2) is 47.7 Å². The summed E-state index contributed by atoms with van der Waals surface area (Å²) in [6.07, 6.45) is 1.47. The molecule has 208 valence electrons. The van der Waals surface area contributed by atoms with Crippen LogP contribution in [0.2, 0.25) is 0 Å². The normalized spacial score (nSPS) is 11.9. The number of hydrogen-bond acceptors (Lipinski definition) is 7. The molecule has 2 amide bonds. The SMILES string of the molecule is CCOC(=O)CC(NC(=O)c1ccc2ccc(OCCCNC(=O)OC(C)(C)C)cn2c1=O)c1ccccc1. The van der Waals surface area contributed by atoms with Crippen LogP contribution in [0.15, 0.2) is 65.6 Å². The van der Waals surface area contributed by atoms with Gasteiger partial charge in [0.25, 0.3) is 11.5 Å². The van der Waals surface area contributed by atoms with Crippen molar-refractivity contribution in [2.45, 2.75) is 52.2 Å². The van der Waals surface area contributed by atoms with Crippen LogP contribution in [0.4, 0.5) is 4.79 Å². The predicted octanol–water partition coefficient (Wildman–Crippen LogP) is 4.02. The molecule has 0 aliphatic carbocycles. The maximum absolute atomic E-state index is 13.2. The summed E-state index contributed by atoms with van der Waals surface area (Å²) in [5.41, 5.74) is 0.136. The van der Waals surface area contributed by atoms with Gasteiger partial charge in [-0.25, -0.2) is 4.79 Å². The average Bonchev–Trinajstić information content (AvgIpc) is 2.88. The number of amides is 2. The van der Waals surface area contributed by atoms with Gasteiger partial charge in [0.2, 0.25) is 0 Å². The van der Waals surface area contributed by atoms with Crippen LogP contribution in [0.5, 0.6) is 5.75 Å². The summed E-state index contributed by atoms with van der Waals surface area (Å²) in [5.74, 6) is -0.624. The summed E-state index contributed by atoms with van der Waals surface area (Å²) in [7, 11) is 0. The fraction of sp³-hybridized carbons (Fsp3) is 0.379. The van der Waals surface area contributed by atoms with E-state index in [1.807, 2.05) is 6.07 Å². The number of benzene rings is 1. The van der Waals surface area contributed by atoms with E-state index in [9.17, 15) is 19.2 Å². The quantitative estimate of drug-likeness (QED) is 0.280. The van der Waals surface area contributed by atoms with Crippen LogP contribution in [-0.2, 0) is 14.3 Å². The highest BCUT2D eigenvalue weighted by atomic mass is 16.6. The first-order valence-electron chi connectivity index (χ1n) is 12.8. The lowest BCUT2D eigenvalue weighted by Gasteiger charge is -2.19. The number of carbonyl (C=O) groups excluding carboxylic acids is 3. The number of nitrogens with zero attached hydrogens (tertiary/aromatic N) is 1. The zero-order valence-electron chi connectivity index (χ0n) is 22.7. The first-order chi connectivity index (χ1) is 18.6. The molecule has 3 rings (SSSR count). The van der Waals surface area contributed by atoms with Crippen LogP contribution in [0.1, 0.15) is 62.5 Å². The molecular formula is C29H35N3O7. The molecule has 10 nitrogen and oxygen atoms in total. The van der Waals surface area contributed by atoms with E-state index in [-0.39, 0.29) is 18.6 Å². The van der Waals surface area contributed by atoms with Crippen molar-refractivity contribution in [1.82, 2.24) is 15.0 Å². The van der Waals surface area contributed by atoms with Crippen molar-refractivity contribution in [3.05, 3.63) is 82.3 Å². The lowest BCUT2D eigenvalue weighted by molar-refractivity contribution is -0.143. The van der Waals surface area contributed by atoms with E-state index in [0.717, 1.165) is 5.56 Å². The highest BCUT2D eigenvalue weighted by molar-refractivity contribution is 5.94. The molecule has 0 aliphatic rings. The first kappa shape index (κ1) is 29.2. The number of aromatic nitrogens is 1. The van der Waals surface area contributed by atoms with Crippen LogP contribution in [0, 0.1) is 0 Å². The summed E-state index contributed by atoms with van der Waals surface area (Å²) in [5, 5.41) is 5.46. The molecule has 1 atom stereocenters. The van der Waals surface area contributed by atoms with Gasteiger partial charge in [0, 0.05) is 12.1 Å². The molecule has 1 aromatic carbocycles. The lowest BCUT2D eigenvalue weighted by atomic mass is 10.0. The monoisotopic (exact) mass is 537 g/mol. The molecule has 0 bridgehead atoms. The molecule has 0 radical (unpaired) electrons. The van der Waals surface area contributed by atoms with Gasteiger partial charge in [-0.05, 0) is 63.9 Å². The van der Waals surface area contributed by atoms with Crippen LogP contribution in [0.3, 0.4) is 0 Å². The molecule has 0 fully saturated rings. The van der Waals surface area contributed by atoms with Crippen molar-refractivity contribution < 1.29 is 28.6 Å². The summed E-state index contributed by atoms with van der Waals surface area (Å²) < 4.78 is 17.3. The van der Waals surface area contributed by atoms with Crippen LogP contribution >= 0.6 is 0 Å². The van der Waals surface area contributed by atoms with E-state index in [1.165, 1.54) is 16.7 Å². The zero-order valence-corrected chi connectivity index (χ0v) is 22.7. The average molecular weight is 538 g/mol. The number of pyridine rings is 2. The van der Waals surface area contributed by atoms with Crippen molar-refractivity contribution in [2.75, 3.05) is 19.8 Å². The van der Waals surface area contributed by atoms with Crippen molar-refractivity contribution in [3.63, 3.8) is 0 Å². The third kappa shape index (κ3) is 8.87. The van der Waals surface area contributed by atoms with E-state index in [4.69, 9.17) is 14.2 Å². The number of fused-ring (bicyclic) bond motifs is 1. The Bertz CT molecular complexity index is 1350. The number of alkyl carbamates (subject to hydrolysis) is 1. The van der Waals surface area contributed by atoms with Gasteiger partial charge in [0.15, 0.2) is 0 Å². The predicted molar refractivity (Wildman–Crippen MR) is 146 cm³/mol. The molecule has 39 heavy (non-hydrogen) atoms. The summed E-state index contributed by atoms with van der Waals surface area (Å²) in [6.45, 7) is 7.96. The Morgan fingerprint density at radius 3 is 2.41 bits per heavy atom. The molecule has 1 unspecified atom stereocenters. The van der Waals surface area contributed by atoms with E-state index < -0.39 is 35.2 Å². The zero-order chi connectivity index (χ0) is 28.4. The molecule has 0 aliphatic heterocycles. The Balaban J connectivity index is 1.68. The van der Waals surface area contributed by atoms with E-state index >= 15 is 0 Å². The Kier molecular flexibility index (Phi) is 10.1. The van der Waals surface area contributed by atoms with E-state index in [0.29, 0.717) is 30.8 Å². The van der Waals surface area contributed by atoms with Gasteiger partial charge in [0.1, 0.15) is 16.9 Å². The minimum atomic E-state index is -0.665. The Morgan fingerprint density at radius 2 is 1.72 bits per heavy atom. The van der Waals surface area contributed by atoms with Gasteiger partial charge in [-0.1, -0.05) is 30.3 Å². The molecule has 3 aromatic rings. The summed E-state index contributed by atoms with van der Waals surface area (Å²) in [6, 6.07) is 14.9. The Hall–Kier alpha value is -4.34. The number of ether oxygens (including phenoxy) is 3. The smallest absolute Gasteiger partial charge is 0.407 e. The topological polar surface area (TPSA) is 124 Å². The minimum absolute atomic E-state index is 0.0702.